The number of carbonyl (C=O) groups is 4. The zero-order valence-corrected chi connectivity index (χ0v) is 18.7. The van der Waals surface area contributed by atoms with Gasteiger partial charge >= 0.3 is 0 Å². The maximum absolute atomic E-state index is 13.1. The van der Waals surface area contributed by atoms with Gasteiger partial charge in [-0.25, -0.2) is 8.42 Å². The van der Waals surface area contributed by atoms with Crippen LogP contribution in [0.3, 0.4) is 0 Å². The summed E-state index contributed by atoms with van der Waals surface area (Å²) in [5.41, 5.74) is 1.31. The van der Waals surface area contributed by atoms with Gasteiger partial charge in [-0.2, -0.15) is 0 Å². The predicted octanol–water partition coefficient (Wildman–Crippen LogP) is 2.07. The first-order valence-corrected chi connectivity index (χ1v) is 12.6. The van der Waals surface area contributed by atoms with Crippen LogP contribution >= 0.6 is 0 Å². The molecule has 10 heteroatoms. The number of carbonyl (C=O) groups excluding carboxylic acids is 4. The Bertz CT molecular complexity index is 1200. The Kier molecular flexibility index (Phi) is 6.03. The first kappa shape index (κ1) is 22.7. The summed E-state index contributed by atoms with van der Waals surface area (Å²) in [5, 5.41) is 5.44. The van der Waals surface area contributed by atoms with Crippen LogP contribution in [0.25, 0.3) is 0 Å². The summed E-state index contributed by atoms with van der Waals surface area (Å²) in [7, 11) is -3.45. The van der Waals surface area contributed by atoms with Gasteiger partial charge in [-0.05, 0) is 55.7 Å². The molecule has 2 aliphatic rings. The standard InChI is InChI=1S/C23H23N3O6S/c1-33(31,32)13-12-19(26-22(29)17-4-2-3-5-18(17)23(26)30)21(28)25-16-10-8-15(9-11-16)24-20(27)14-6-7-14/h2-5,8-11,14,19H,6-7,12-13H2,1H3,(H,24,27)(H,25,28). The van der Waals surface area contributed by atoms with Gasteiger partial charge in [-0.3, -0.25) is 24.1 Å². The number of nitrogens with one attached hydrogen (secondary N) is 2. The van der Waals surface area contributed by atoms with E-state index in [2.05, 4.69) is 10.6 Å². The third kappa shape index (κ3) is 5.11. The summed E-state index contributed by atoms with van der Waals surface area (Å²) in [6.45, 7) is 0. The third-order valence-corrected chi connectivity index (χ3v) is 6.55. The van der Waals surface area contributed by atoms with Gasteiger partial charge in [0.25, 0.3) is 11.8 Å². The van der Waals surface area contributed by atoms with E-state index in [0.29, 0.717) is 11.4 Å². The molecule has 1 atom stereocenters. The minimum atomic E-state index is -3.45. The van der Waals surface area contributed by atoms with Crippen LogP contribution in [0, 0.1) is 5.92 Å². The summed E-state index contributed by atoms with van der Waals surface area (Å²) >= 11 is 0. The molecule has 0 radical (unpaired) electrons. The van der Waals surface area contributed by atoms with Crippen LogP contribution in [-0.2, 0) is 19.4 Å². The molecule has 2 aromatic rings. The molecule has 1 fully saturated rings. The van der Waals surface area contributed by atoms with Crippen molar-refractivity contribution in [3.8, 4) is 0 Å². The number of imide groups is 1. The first-order valence-electron chi connectivity index (χ1n) is 10.5. The van der Waals surface area contributed by atoms with Crippen LogP contribution in [0.4, 0.5) is 11.4 Å². The molecule has 0 aromatic heterocycles. The SMILES string of the molecule is CS(=O)(=O)CCC(C(=O)Nc1ccc(NC(=O)C2CC2)cc1)N1C(=O)c2ccccc2C1=O. The Morgan fingerprint density at radius 3 is 1.94 bits per heavy atom. The topological polar surface area (TPSA) is 130 Å². The fourth-order valence-corrected chi connectivity index (χ4v) is 4.30. The van der Waals surface area contributed by atoms with E-state index in [4.69, 9.17) is 0 Å². The number of rotatable bonds is 8. The van der Waals surface area contributed by atoms with Gasteiger partial charge in [0.1, 0.15) is 15.9 Å². The van der Waals surface area contributed by atoms with Crippen LogP contribution in [0.1, 0.15) is 40.0 Å². The highest BCUT2D eigenvalue weighted by atomic mass is 32.2. The van der Waals surface area contributed by atoms with Crippen LogP contribution in [0.2, 0.25) is 0 Å². The Hall–Kier alpha value is -3.53. The molecule has 2 N–H and O–H groups in total. The van der Waals surface area contributed by atoms with Crippen molar-refractivity contribution < 1.29 is 27.6 Å². The lowest BCUT2D eigenvalue weighted by atomic mass is 10.1. The molecule has 0 spiro atoms. The molecule has 4 amide bonds. The van der Waals surface area contributed by atoms with Crippen LogP contribution in [0.5, 0.6) is 0 Å². The average Bonchev–Trinajstić information content (AvgIpc) is 3.58. The normalized spacial score (nSPS) is 16.3. The molecule has 0 saturated heterocycles. The lowest BCUT2D eigenvalue weighted by molar-refractivity contribution is -0.120. The number of fused-ring (bicyclic) bond motifs is 1. The van der Waals surface area contributed by atoms with Gasteiger partial charge in [0.15, 0.2) is 0 Å². The van der Waals surface area contributed by atoms with E-state index in [-0.39, 0.29) is 35.1 Å². The molecule has 9 nitrogen and oxygen atoms in total. The van der Waals surface area contributed by atoms with Crippen molar-refractivity contribution in [1.29, 1.82) is 0 Å². The van der Waals surface area contributed by atoms with Crippen LogP contribution in [-0.4, -0.2) is 55.0 Å². The summed E-state index contributed by atoms with van der Waals surface area (Å²) in [6, 6.07) is 11.3. The fourth-order valence-electron chi connectivity index (χ4n) is 3.65. The van der Waals surface area contributed by atoms with Gasteiger partial charge in [0, 0.05) is 23.5 Å². The molecular weight excluding hydrogens is 446 g/mol. The van der Waals surface area contributed by atoms with E-state index in [1.54, 1.807) is 36.4 Å². The van der Waals surface area contributed by atoms with Gasteiger partial charge in [-0.1, -0.05) is 12.1 Å². The zero-order valence-electron chi connectivity index (χ0n) is 17.9. The van der Waals surface area contributed by atoms with E-state index in [9.17, 15) is 27.6 Å². The van der Waals surface area contributed by atoms with E-state index in [1.807, 2.05) is 0 Å². The van der Waals surface area contributed by atoms with Crippen molar-refractivity contribution in [2.45, 2.75) is 25.3 Å². The maximum atomic E-state index is 13.1. The molecule has 33 heavy (non-hydrogen) atoms. The number of benzene rings is 2. The molecule has 2 aromatic carbocycles. The Balaban J connectivity index is 1.52. The number of hydrogen-bond donors (Lipinski definition) is 2. The molecule has 1 unspecified atom stereocenters. The Labute approximate surface area is 191 Å². The summed E-state index contributed by atoms with van der Waals surface area (Å²) in [6.07, 6.45) is 2.56. The van der Waals surface area contributed by atoms with Gasteiger partial charge < -0.3 is 10.6 Å². The highest BCUT2D eigenvalue weighted by molar-refractivity contribution is 7.90. The minimum absolute atomic E-state index is 0.0433. The quantitative estimate of drug-likeness (QED) is 0.570. The molecule has 1 heterocycles. The second kappa shape index (κ2) is 8.78. The molecular formula is C23H23N3O6S. The van der Waals surface area contributed by atoms with E-state index < -0.39 is 33.6 Å². The van der Waals surface area contributed by atoms with Crippen molar-refractivity contribution >= 4 is 44.8 Å². The van der Waals surface area contributed by atoms with Gasteiger partial charge in [0.05, 0.1) is 16.9 Å². The van der Waals surface area contributed by atoms with Crippen molar-refractivity contribution in [3.05, 3.63) is 59.7 Å². The summed E-state index contributed by atoms with van der Waals surface area (Å²) in [4.78, 5) is 51.6. The van der Waals surface area contributed by atoms with E-state index in [1.165, 1.54) is 12.1 Å². The van der Waals surface area contributed by atoms with Gasteiger partial charge in [0.2, 0.25) is 11.8 Å². The number of amides is 4. The largest absolute Gasteiger partial charge is 0.326 e. The minimum Gasteiger partial charge on any atom is -0.326 e. The van der Waals surface area contributed by atoms with Crippen molar-refractivity contribution in [2.24, 2.45) is 5.92 Å². The number of nitrogens with zero attached hydrogens (tertiary/aromatic N) is 1. The third-order valence-electron chi connectivity index (χ3n) is 5.57. The first-order chi connectivity index (χ1) is 15.6. The second-order valence-corrected chi connectivity index (χ2v) is 10.6. The number of hydrogen-bond acceptors (Lipinski definition) is 6. The monoisotopic (exact) mass is 469 g/mol. The smallest absolute Gasteiger partial charge is 0.262 e. The molecule has 1 aliphatic carbocycles. The van der Waals surface area contributed by atoms with Crippen molar-refractivity contribution in [1.82, 2.24) is 4.90 Å². The lowest BCUT2D eigenvalue weighted by Crippen LogP contribution is -2.48. The number of anilines is 2. The van der Waals surface area contributed by atoms with E-state index in [0.717, 1.165) is 24.0 Å². The molecule has 4 rings (SSSR count). The molecule has 1 aliphatic heterocycles. The van der Waals surface area contributed by atoms with E-state index >= 15 is 0 Å². The zero-order chi connectivity index (χ0) is 23.8. The summed E-state index contributed by atoms with van der Waals surface area (Å²) < 4.78 is 23.5. The van der Waals surface area contributed by atoms with Crippen LogP contribution in [0.15, 0.2) is 48.5 Å². The average molecular weight is 470 g/mol. The lowest BCUT2D eigenvalue weighted by Gasteiger charge is -2.25. The molecule has 1 saturated carbocycles. The Morgan fingerprint density at radius 2 is 1.45 bits per heavy atom. The highest BCUT2D eigenvalue weighted by Gasteiger charge is 2.42. The fraction of sp³-hybridized carbons (Fsp3) is 0.304. The van der Waals surface area contributed by atoms with Crippen molar-refractivity contribution in [2.75, 3.05) is 22.6 Å². The molecule has 0 bridgehead atoms. The van der Waals surface area contributed by atoms with Gasteiger partial charge in [-0.15, -0.1) is 0 Å². The molecule has 172 valence electrons. The van der Waals surface area contributed by atoms with Crippen molar-refractivity contribution in [3.63, 3.8) is 0 Å². The number of sulfone groups is 1. The highest BCUT2D eigenvalue weighted by Crippen LogP contribution is 2.30. The Morgan fingerprint density at radius 1 is 0.939 bits per heavy atom. The maximum Gasteiger partial charge on any atom is 0.262 e. The summed E-state index contributed by atoms with van der Waals surface area (Å²) in [5.74, 6) is -2.31. The van der Waals surface area contributed by atoms with Crippen LogP contribution < -0.4 is 10.6 Å². The predicted molar refractivity (Wildman–Crippen MR) is 121 cm³/mol. The second-order valence-electron chi connectivity index (χ2n) is 8.29.